The minimum absolute atomic E-state index is 0.0221. The Morgan fingerprint density at radius 3 is 2.69 bits per heavy atom. The van der Waals surface area contributed by atoms with E-state index in [1.165, 1.54) is 11.8 Å². The third-order valence-corrected chi connectivity index (χ3v) is 10.0. The fourth-order valence-corrected chi connectivity index (χ4v) is 8.18. The molecule has 0 aromatic carbocycles. The number of nitrogens with zero attached hydrogens (tertiary/aromatic N) is 1. The SMILES string of the molecule is CCN(C1CC2C=CC1C(C)(C)C=CC=CC2)S(=O)(=O)C1CC=C(Cl)S1. The molecular formula is C20H28ClNO2S2. The van der Waals surface area contributed by atoms with Crippen LogP contribution >= 0.6 is 23.4 Å². The summed E-state index contributed by atoms with van der Waals surface area (Å²) in [4.78, 5) is 0. The highest BCUT2D eigenvalue weighted by atomic mass is 35.5. The number of hydrogen-bond donors (Lipinski definition) is 0. The lowest BCUT2D eigenvalue weighted by atomic mass is 9.68. The van der Waals surface area contributed by atoms with E-state index in [2.05, 4.69) is 50.3 Å². The standard InChI is InChI=1S/C20H28ClNO2S2/c1-4-22(26(23,24)19-12-11-18(21)25-19)17-14-15-8-6-5-7-13-20(2,3)16(17)10-9-15/h5-7,9-11,13,15-17,19H,4,8,12,14H2,1-3H3. The van der Waals surface area contributed by atoms with Gasteiger partial charge in [0.1, 0.15) is 4.58 Å². The second-order valence-corrected chi connectivity index (χ2v) is 12.1. The number of fused-ring (bicyclic) bond motifs is 4. The van der Waals surface area contributed by atoms with Crippen molar-refractivity contribution in [2.45, 2.75) is 50.7 Å². The van der Waals surface area contributed by atoms with E-state index < -0.39 is 14.6 Å². The molecule has 0 saturated carbocycles. The molecule has 0 amide bonds. The maximum atomic E-state index is 13.4. The van der Waals surface area contributed by atoms with Gasteiger partial charge in [0.15, 0.2) is 0 Å². The number of thioether (sulfide) groups is 1. The lowest BCUT2D eigenvalue weighted by Gasteiger charge is -2.45. The van der Waals surface area contributed by atoms with Crippen LogP contribution in [-0.2, 0) is 10.0 Å². The van der Waals surface area contributed by atoms with Gasteiger partial charge in [0.25, 0.3) is 0 Å². The normalized spacial score (nSPS) is 33.7. The van der Waals surface area contributed by atoms with Crippen molar-refractivity contribution in [2.24, 2.45) is 17.3 Å². The number of rotatable bonds is 4. The van der Waals surface area contributed by atoms with Gasteiger partial charge in [0.05, 0.1) is 4.36 Å². The fourth-order valence-electron chi connectivity index (χ4n) is 4.25. The van der Waals surface area contributed by atoms with Gasteiger partial charge in [-0.2, -0.15) is 4.31 Å². The predicted octanol–water partition coefficient (Wildman–Crippen LogP) is 5.28. The smallest absolute Gasteiger partial charge is 0.211 e. The summed E-state index contributed by atoms with van der Waals surface area (Å²) < 4.78 is 28.7. The zero-order valence-electron chi connectivity index (χ0n) is 15.6. The van der Waals surface area contributed by atoms with Gasteiger partial charge >= 0.3 is 0 Å². The first-order valence-electron chi connectivity index (χ1n) is 9.31. The Bertz CT molecular complexity index is 752. The fraction of sp³-hybridized carbons (Fsp3) is 0.600. The van der Waals surface area contributed by atoms with Crippen LogP contribution in [0.25, 0.3) is 0 Å². The Morgan fingerprint density at radius 1 is 1.27 bits per heavy atom. The number of hydrogen-bond acceptors (Lipinski definition) is 3. The Kier molecular flexibility index (Phi) is 6.12. The van der Waals surface area contributed by atoms with Crippen LogP contribution in [0, 0.1) is 17.3 Å². The van der Waals surface area contributed by atoms with Crippen LogP contribution in [0.5, 0.6) is 0 Å². The van der Waals surface area contributed by atoms with Crippen LogP contribution in [0.3, 0.4) is 0 Å². The van der Waals surface area contributed by atoms with E-state index in [0.717, 1.165) is 12.8 Å². The molecule has 26 heavy (non-hydrogen) atoms. The van der Waals surface area contributed by atoms with E-state index in [-0.39, 0.29) is 17.4 Å². The molecule has 0 spiro atoms. The quantitative estimate of drug-likeness (QED) is 0.588. The third kappa shape index (κ3) is 4.01. The van der Waals surface area contributed by atoms with Gasteiger partial charge < -0.3 is 0 Å². The molecule has 1 aliphatic heterocycles. The molecule has 6 heteroatoms. The molecule has 4 aliphatic rings. The average molecular weight is 414 g/mol. The first-order valence-corrected chi connectivity index (χ1v) is 12.1. The van der Waals surface area contributed by atoms with Crippen molar-refractivity contribution in [3.63, 3.8) is 0 Å². The number of halogens is 1. The molecule has 4 atom stereocenters. The lowest BCUT2D eigenvalue weighted by molar-refractivity contribution is 0.159. The predicted molar refractivity (Wildman–Crippen MR) is 112 cm³/mol. The summed E-state index contributed by atoms with van der Waals surface area (Å²) in [5.74, 6) is 0.544. The number of allylic oxidation sites excluding steroid dienone is 6. The zero-order valence-corrected chi connectivity index (χ0v) is 18.0. The molecule has 4 rings (SSSR count). The van der Waals surface area contributed by atoms with Crippen LogP contribution in [0.4, 0.5) is 0 Å². The van der Waals surface area contributed by atoms with Crippen molar-refractivity contribution in [3.05, 3.63) is 46.9 Å². The second kappa shape index (κ2) is 7.86. The number of sulfonamides is 1. The van der Waals surface area contributed by atoms with Crippen molar-refractivity contribution in [1.29, 1.82) is 0 Å². The molecule has 144 valence electrons. The van der Waals surface area contributed by atoms with Gasteiger partial charge in [-0.15, -0.1) is 0 Å². The van der Waals surface area contributed by atoms with E-state index in [4.69, 9.17) is 11.6 Å². The summed E-state index contributed by atoms with van der Waals surface area (Å²) in [6, 6.07) is -0.0221. The summed E-state index contributed by atoms with van der Waals surface area (Å²) >= 11 is 7.33. The first kappa shape index (κ1) is 20.2. The molecule has 0 aromatic rings. The lowest BCUT2D eigenvalue weighted by Crippen LogP contribution is -2.51. The molecule has 2 bridgehead atoms. The van der Waals surface area contributed by atoms with Crippen molar-refractivity contribution in [2.75, 3.05) is 6.54 Å². The van der Waals surface area contributed by atoms with E-state index in [1.807, 2.05) is 13.0 Å². The van der Waals surface area contributed by atoms with Crippen LogP contribution in [0.2, 0.25) is 0 Å². The molecule has 3 aliphatic carbocycles. The molecule has 1 heterocycles. The summed E-state index contributed by atoms with van der Waals surface area (Å²) in [5.41, 5.74) is -0.116. The Balaban J connectivity index is 1.96. The topological polar surface area (TPSA) is 37.4 Å². The third-order valence-electron chi connectivity index (χ3n) is 5.68. The van der Waals surface area contributed by atoms with Gasteiger partial charge in [0.2, 0.25) is 10.0 Å². The van der Waals surface area contributed by atoms with E-state index >= 15 is 0 Å². The minimum atomic E-state index is -3.42. The summed E-state index contributed by atoms with van der Waals surface area (Å²) in [6.45, 7) is 6.84. The summed E-state index contributed by atoms with van der Waals surface area (Å²) in [7, 11) is -3.42. The van der Waals surface area contributed by atoms with Crippen LogP contribution in [0.1, 0.15) is 40.0 Å². The van der Waals surface area contributed by atoms with Gasteiger partial charge in [0, 0.05) is 18.5 Å². The molecule has 0 N–H and O–H groups in total. The van der Waals surface area contributed by atoms with E-state index in [1.54, 1.807) is 4.31 Å². The summed E-state index contributed by atoms with van der Waals surface area (Å²) in [5, 5.41) is 0. The molecule has 0 saturated heterocycles. The molecule has 0 aromatic heterocycles. The first-order chi connectivity index (χ1) is 12.3. The van der Waals surface area contributed by atoms with Crippen molar-refractivity contribution in [3.8, 4) is 0 Å². The van der Waals surface area contributed by atoms with Crippen molar-refractivity contribution < 1.29 is 8.42 Å². The molecular weight excluding hydrogens is 386 g/mol. The van der Waals surface area contributed by atoms with Gasteiger partial charge in [-0.3, -0.25) is 0 Å². The van der Waals surface area contributed by atoms with Crippen LogP contribution < -0.4 is 0 Å². The van der Waals surface area contributed by atoms with Gasteiger partial charge in [-0.25, -0.2) is 8.42 Å². The van der Waals surface area contributed by atoms with Crippen molar-refractivity contribution in [1.82, 2.24) is 4.31 Å². The second-order valence-electron chi connectivity index (χ2n) is 7.86. The maximum Gasteiger partial charge on any atom is 0.227 e. The van der Waals surface area contributed by atoms with Crippen LogP contribution in [-0.4, -0.2) is 29.9 Å². The largest absolute Gasteiger partial charge is 0.227 e. The Labute approximate surface area is 167 Å². The molecule has 0 radical (unpaired) electrons. The monoisotopic (exact) mass is 413 g/mol. The van der Waals surface area contributed by atoms with Gasteiger partial charge in [-0.05, 0) is 30.6 Å². The van der Waals surface area contributed by atoms with Gasteiger partial charge in [-0.1, -0.05) is 86.7 Å². The Hall–Kier alpha value is -0.490. The molecule has 4 unspecified atom stereocenters. The average Bonchev–Trinajstić information content (AvgIpc) is 3.02. The minimum Gasteiger partial charge on any atom is -0.211 e. The molecule has 0 fully saturated rings. The maximum absolute atomic E-state index is 13.4. The van der Waals surface area contributed by atoms with E-state index in [0.29, 0.717) is 23.2 Å². The van der Waals surface area contributed by atoms with Crippen molar-refractivity contribution >= 4 is 33.4 Å². The molecule has 3 nitrogen and oxygen atoms in total. The summed E-state index contributed by atoms with van der Waals surface area (Å²) in [6.07, 6.45) is 17.3. The highest BCUT2D eigenvalue weighted by molar-refractivity contribution is 8.16. The Morgan fingerprint density at radius 2 is 2.04 bits per heavy atom. The van der Waals surface area contributed by atoms with E-state index in [9.17, 15) is 8.42 Å². The van der Waals surface area contributed by atoms with Crippen LogP contribution in [0.15, 0.2) is 46.9 Å². The highest BCUT2D eigenvalue weighted by Crippen LogP contribution is 2.45. The highest BCUT2D eigenvalue weighted by Gasteiger charge is 2.45. The zero-order chi connectivity index (χ0) is 18.9.